The Morgan fingerprint density at radius 1 is 0.567 bits per heavy atom. The fourth-order valence-electron chi connectivity index (χ4n) is 3.33. The highest BCUT2D eigenvalue weighted by atomic mass is 15.1. The van der Waals surface area contributed by atoms with Crippen LogP contribution in [-0.4, -0.2) is 15.0 Å². The highest BCUT2D eigenvalue weighted by Crippen LogP contribution is 2.10. The van der Waals surface area contributed by atoms with Gasteiger partial charge in [0.1, 0.15) is 5.82 Å². The molecule has 0 radical (unpaired) electrons. The van der Waals surface area contributed by atoms with E-state index in [0.717, 1.165) is 32.1 Å². The monoisotopic (exact) mass is 411 g/mol. The fourth-order valence-corrected chi connectivity index (χ4v) is 3.33. The van der Waals surface area contributed by atoms with Crippen molar-refractivity contribution >= 4 is 11.9 Å². The number of nitrogens with two attached hydrogens (primary N) is 2. The number of unbranched alkanes of at least 4 members (excludes halogenated alkanes) is 14. The average molecular weight is 412 g/mol. The van der Waals surface area contributed by atoms with E-state index in [9.17, 15) is 0 Å². The number of nitrogen functional groups attached to an aromatic ring is 2. The molecule has 30 heavy (non-hydrogen) atoms. The number of anilines is 2. The predicted octanol–water partition coefficient (Wildman–Crippen LogP) is 5.85. The van der Waals surface area contributed by atoms with E-state index in [2.05, 4.69) is 45.6 Å². The van der Waals surface area contributed by atoms with Crippen LogP contribution in [0.25, 0.3) is 0 Å². The third kappa shape index (κ3) is 15.6. The van der Waals surface area contributed by atoms with Crippen molar-refractivity contribution in [2.75, 3.05) is 11.5 Å². The van der Waals surface area contributed by atoms with Gasteiger partial charge in [0.25, 0.3) is 0 Å². The summed E-state index contributed by atoms with van der Waals surface area (Å²) in [4.78, 5) is 12.0. The van der Waals surface area contributed by atoms with Crippen LogP contribution < -0.4 is 11.5 Å². The van der Waals surface area contributed by atoms with Crippen LogP contribution in [0.2, 0.25) is 0 Å². The van der Waals surface area contributed by atoms with E-state index < -0.39 is 0 Å². The Bertz CT molecular complexity index is 658. The van der Waals surface area contributed by atoms with E-state index in [-0.39, 0.29) is 11.9 Å². The third-order valence-electron chi connectivity index (χ3n) is 5.06. The lowest BCUT2D eigenvalue weighted by molar-refractivity contribution is 0.579. The molecule has 5 nitrogen and oxygen atoms in total. The van der Waals surface area contributed by atoms with Crippen LogP contribution in [0.15, 0.2) is 0 Å². The van der Waals surface area contributed by atoms with E-state index in [1.54, 1.807) is 0 Å². The normalized spacial score (nSPS) is 10.2. The summed E-state index contributed by atoms with van der Waals surface area (Å²) in [6.45, 7) is 2.26. The first-order valence-electron chi connectivity index (χ1n) is 11.9. The van der Waals surface area contributed by atoms with Gasteiger partial charge in [-0.15, -0.1) is 0 Å². The lowest BCUT2D eigenvalue weighted by Gasteiger charge is -2.02. The van der Waals surface area contributed by atoms with E-state index in [0.29, 0.717) is 5.82 Å². The van der Waals surface area contributed by atoms with Crippen molar-refractivity contribution in [2.24, 2.45) is 0 Å². The van der Waals surface area contributed by atoms with Crippen LogP contribution >= 0.6 is 0 Å². The van der Waals surface area contributed by atoms with Gasteiger partial charge in [0.05, 0.1) is 0 Å². The molecule has 0 fully saturated rings. The van der Waals surface area contributed by atoms with E-state index >= 15 is 0 Å². The Balaban J connectivity index is 1.87. The van der Waals surface area contributed by atoms with Crippen LogP contribution in [0.1, 0.15) is 115 Å². The Labute approximate surface area is 184 Å². The second kappa shape index (κ2) is 18.7. The maximum absolute atomic E-state index is 5.58. The van der Waals surface area contributed by atoms with Crippen molar-refractivity contribution < 1.29 is 0 Å². The zero-order valence-corrected chi connectivity index (χ0v) is 19.0. The molecule has 1 aromatic heterocycles. The number of hydrogen-bond acceptors (Lipinski definition) is 5. The van der Waals surface area contributed by atoms with Crippen LogP contribution in [0.4, 0.5) is 11.9 Å². The molecular weight excluding hydrogens is 370 g/mol. The summed E-state index contributed by atoms with van der Waals surface area (Å²) in [6, 6.07) is 0. The molecule has 0 aliphatic heterocycles. The van der Waals surface area contributed by atoms with E-state index in [4.69, 9.17) is 11.5 Å². The largest absolute Gasteiger partial charge is 0.368 e. The summed E-state index contributed by atoms with van der Waals surface area (Å²) in [6.07, 6.45) is 20.6. The molecule has 0 aliphatic rings. The maximum atomic E-state index is 5.58. The van der Waals surface area contributed by atoms with Gasteiger partial charge >= 0.3 is 0 Å². The molecule has 0 bridgehead atoms. The molecular formula is C25H41N5. The summed E-state index contributed by atoms with van der Waals surface area (Å²) in [5.41, 5.74) is 11.2. The van der Waals surface area contributed by atoms with Gasteiger partial charge < -0.3 is 11.5 Å². The highest BCUT2D eigenvalue weighted by Gasteiger charge is 2.01. The maximum Gasteiger partial charge on any atom is 0.225 e. The van der Waals surface area contributed by atoms with Gasteiger partial charge in [0.15, 0.2) is 0 Å². The molecule has 0 saturated heterocycles. The molecule has 1 rings (SSSR count). The summed E-state index contributed by atoms with van der Waals surface area (Å²) < 4.78 is 0. The topological polar surface area (TPSA) is 90.7 Å². The molecule has 4 N–H and O–H groups in total. The summed E-state index contributed by atoms with van der Waals surface area (Å²) in [5.74, 6) is 13.5. The highest BCUT2D eigenvalue weighted by molar-refractivity contribution is 5.26. The number of rotatable bonds is 16. The van der Waals surface area contributed by atoms with Crippen LogP contribution in [0.3, 0.4) is 0 Å². The van der Waals surface area contributed by atoms with Gasteiger partial charge in [-0.05, 0) is 31.1 Å². The van der Waals surface area contributed by atoms with E-state index in [1.165, 1.54) is 77.0 Å². The number of aryl methyl sites for hydroxylation is 1. The van der Waals surface area contributed by atoms with Crippen molar-refractivity contribution in [2.45, 2.75) is 116 Å². The minimum absolute atomic E-state index is 0.205. The molecule has 1 aromatic rings. The summed E-state index contributed by atoms with van der Waals surface area (Å²) in [5, 5.41) is 0. The quantitative estimate of drug-likeness (QED) is 0.263. The van der Waals surface area contributed by atoms with Crippen LogP contribution in [-0.2, 0) is 6.42 Å². The molecule has 0 atom stereocenters. The number of hydrogen-bond donors (Lipinski definition) is 2. The van der Waals surface area contributed by atoms with Crippen LogP contribution in [0, 0.1) is 23.7 Å². The fraction of sp³-hybridized carbons (Fsp3) is 0.720. The second-order valence-electron chi connectivity index (χ2n) is 7.92. The van der Waals surface area contributed by atoms with Gasteiger partial charge in [-0.25, -0.2) is 0 Å². The van der Waals surface area contributed by atoms with Gasteiger partial charge in [0, 0.05) is 19.3 Å². The molecule has 0 amide bonds. The Morgan fingerprint density at radius 2 is 1.00 bits per heavy atom. The SMILES string of the molecule is CCCCCCCCCCC#CC#CCCCCCCCCc1nc(N)nc(N)n1. The van der Waals surface area contributed by atoms with Crippen molar-refractivity contribution in [1.29, 1.82) is 0 Å². The molecule has 0 unspecified atom stereocenters. The molecule has 0 aliphatic carbocycles. The first kappa shape index (κ1) is 25.8. The molecule has 166 valence electrons. The predicted molar refractivity (Wildman–Crippen MR) is 127 cm³/mol. The lowest BCUT2D eigenvalue weighted by atomic mass is 10.1. The first-order chi connectivity index (χ1) is 14.7. The zero-order valence-electron chi connectivity index (χ0n) is 19.0. The van der Waals surface area contributed by atoms with Gasteiger partial charge in [-0.3, -0.25) is 0 Å². The van der Waals surface area contributed by atoms with E-state index in [1.807, 2.05) is 0 Å². The Morgan fingerprint density at radius 3 is 1.50 bits per heavy atom. The smallest absolute Gasteiger partial charge is 0.225 e. The van der Waals surface area contributed by atoms with Crippen molar-refractivity contribution in [3.05, 3.63) is 5.82 Å². The molecule has 0 spiro atoms. The number of nitrogens with zero attached hydrogens (tertiary/aromatic N) is 3. The standard InChI is InChI=1S/C25H41N5/c1-2-3-4-5-6-7-8-9-10-11-12-13-14-15-16-17-18-19-20-21-22-23-28-24(26)30-25(27)29-23/h2-10,15-22H2,1H3,(H4,26,27,28,29,30). The third-order valence-corrected chi connectivity index (χ3v) is 5.06. The van der Waals surface area contributed by atoms with Crippen molar-refractivity contribution in [3.8, 4) is 23.7 Å². The number of aromatic nitrogens is 3. The van der Waals surface area contributed by atoms with Crippen LogP contribution in [0.5, 0.6) is 0 Å². The summed E-state index contributed by atoms with van der Waals surface area (Å²) in [7, 11) is 0. The lowest BCUT2D eigenvalue weighted by Crippen LogP contribution is -2.06. The second-order valence-corrected chi connectivity index (χ2v) is 7.92. The minimum Gasteiger partial charge on any atom is -0.368 e. The summed E-state index contributed by atoms with van der Waals surface area (Å²) >= 11 is 0. The average Bonchev–Trinajstić information content (AvgIpc) is 2.71. The Hall–Kier alpha value is -2.27. The van der Waals surface area contributed by atoms with Gasteiger partial charge in [-0.1, -0.05) is 89.4 Å². The minimum atomic E-state index is 0.205. The van der Waals surface area contributed by atoms with Gasteiger partial charge in [0.2, 0.25) is 11.9 Å². The molecule has 0 saturated carbocycles. The Kier molecular flexibility index (Phi) is 16.1. The first-order valence-corrected chi connectivity index (χ1v) is 11.9. The zero-order chi connectivity index (χ0) is 21.7. The van der Waals surface area contributed by atoms with Crippen molar-refractivity contribution in [3.63, 3.8) is 0 Å². The molecule has 1 heterocycles. The van der Waals surface area contributed by atoms with Gasteiger partial charge in [-0.2, -0.15) is 15.0 Å². The molecule has 0 aromatic carbocycles. The van der Waals surface area contributed by atoms with Crippen molar-refractivity contribution in [1.82, 2.24) is 15.0 Å². The molecule has 5 heteroatoms.